The molecule has 6 heteroatoms. The monoisotopic (exact) mass is 358 g/mol. The number of carbonyl (C=O) groups is 1. The number of fused-ring (bicyclic) bond motifs is 1. The van der Waals surface area contributed by atoms with Crippen LogP contribution in [0, 0.1) is 6.92 Å². The Morgan fingerprint density at radius 3 is 2.76 bits per heavy atom. The number of carbonyl (C=O) groups excluding carboxylic acids is 1. The van der Waals surface area contributed by atoms with E-state index < -0.39 is 11.6 Å². The fraction of sp³-hybridized carbons (Fsp3) is 0.158. The summed E-state index contributed by atoms with van der Waals surface area (Å²) in [4.78, 5) is 23.2. The summed E-state index contributed by atoms with van der Waals surface area (Å²) in [6, 6.07) is 13.6. The molecule has 5 nitrogen and oxygen atoms in total. The number of esters is 1. The van der Waals surface area contributed by atoms with Crippen molar-refractivity contribution < 1.29 is 18.7 Å². The molecule has 0 saturated heterocycles. The largest absolute Gasteiger partial charge is 0.482 e. The molecule has 3 rings (SSSR count). The van der Waals surface area contributed by atoms with Crippen molar-refractivity contribution in [3.63, 3.8) is 0 Å². The number of aryl methyl sites for hydroxylation is 1. The molecule has 0 bridgehead atoms. The predicted molar refractivity (Wildman–Crippen MR) is 94.0 cm³/mol. The fourth-order valence-electron chi connectivity index (χ4n) is 2.35. The molecule has 0 aliphatic carbocycles. The third-order valence-electron chi connectivity index (χ3n) is 3.63. The molecule has 2 aromatic carbocycles. The Morgan fingerprint density at radius 2 is 1.96 bits per heavy atom. The number of benzene rings is 2. The van der Waals surface area contributed by atoms with E-state index in [0.717, 1.165) is 16.5 Å². The summed E-state index contributed by atoms with van der Waals surface area (Å²) in [6.45, 7) is 1.64. The standard InChI is InChI=1S/C19H15ClO5/c1-12-8-18(21)25-17-9-14(6-7-15(12)17)23-11-19(22)24-10-13-4-2-3-5-16(13)20/h2-9H,10-11H2,1H3. The third-order valence-corrected chi connectivity index (χ3v) is 3.99. The Morgan fingerprint density at radius 1 is 1.16 bits per heavy atom. The van der Waals surface area contributed by atoms with E-state index in [1.165, 1.54) is 6.07 Å². The second-order valence-corrected chi connectivity index (χ2v) is 5.85. The van der Waals surface area contributed by atoms with Crippen molar-refractivity contribution in [1.29, 1.82) is 0 Å². The van der Waals surface area contributed by atoms with Gasteiger partial charge in [0.25, 0.3) is 0 Å². The van der Waals surface area contributed by atoms with Crippen molar-refractivity contribution in [2.24, 2.45) is 0 Å². The van der Waals surface area contributed by atoms with Crippen LogP contribution in [-0.4, -0.2) is 12.6 Å². The first-order valence-corrected chi connectivity index (χ1v) is 7.97. The lowest BCUT2D eigenvalue weighted by molar-refractivity contribution is -0.147. The zero-order valence-electron chi connectivity index (χ0n) is 13.5. The second kappa shape index (κ2) is 7.40. The van der Waals surface area contributed by atoms with Crippen molar-refractivity contribution >= 4 is 28.5 Å². The smallest absolute Gasteiger partial charge is 0.344 e. The van der Waals surface area contributed by atoms with Gasteiger partial charge in [-0.3, -0.25) is 0 Å². The van der Waals surface area contributed by atoms with Gasteiger partial charge in [-0.05, 0) is 30.7 Å². The topological polar surface area (TPSA) is 65.7 Å². The highest BCUT2D eigenvalue weighted by Crippen LogP contribution is 2.22. The Kier molecular flexibility index (Phi) is 5.05. The molecule has 0 saturated carbocycles. The van der Waals surface area contributed by atoms with Crippen LogP contribution in [0.5, 0.6) is 5.75 Å². The molecule has 25 heavy (non-hydrogen) atoms. The highest BCUT2D eigenvalue weighted by molar-refractivity contribution is 6.31. The molecule has 0 aliphatic heterocycles. The first-order chi connectivity index (χ1) is 12.0. The van der Waals surface area contributed by atoms with Crippen LogP contribution in [0.25, 0.3) is 11.0 Å². The zero-order chi connectivity index (χ0) is 17.8. The summed E-state index contributed by atoms with van der Waals surface area (Å²) in [5, 5.41) is 1.35. The number of ether oxygens (including phenoxy) is 2. The van der Waals surface area contributed by atoms with Crippen molar-refractivity contribution in [2.45, 2.75) is 13.5 Å². The molecule has 3 aromatic rings. The lowest BCUT2D eigenvalue weighted by Crippen LogP contribution is -2.14. The summed E-state index contributed by atoms with van der Waals surface area (Å²) in [5.74, 6) is -0.110. The number of hydrogen-bond acceptors (Lipinski definition) is 5. The maximum absolute atomic E-state index is 11.8. The molecule has 1 heterocycles. The summed E-state index contributed by atoms with van der Waals surface area (Å²) in [7, 11) is 0. The van der Waals surface area contributed by atoms with Crippen LogP contribution >= 0.6 is 11.6 Å². The van der Waals surface area contributed by atoms with Crippen LogP contribution in [-0.2, 0) is 16.1 Å². The van der Waals surface area contributed by atoms with Crippen LogP contribution in [0.4, 0.5) is 0 Å². The minimum absolute atomic E-state index is 0.0770. The SMILES string of the molecule is Cc1cc(=O)oc2cc(OCC(=O)OCc3ccccc3Cl)ccc12. The molecular formula is C19H15ClO5. The van der Waals surface area contributed by atoms with E-state index in [4.69, 9.17) is 25.5 Å². The molecular weight excluding hydrogens is 344 g/mol. The van der Waals surface area contributed by atoms with Gasteiger partial charge in [0.2, 0.25) is 0 Å². The van der Waals surface area contributed by atoms with E-state index in [2.05, 4.69) is 0 Å². The Bertz CT molecular complexity index is 977. The molecule has 128 valence electrons. The van der Waals surface area contributed by atoms with Crippen LogP contribution < -0.4 is 10.4 Å². The van der Waals surface area contributed by atoms with Gasteiger partial charge in [-0.15, -0.1) is 0 Å². The highest BCUT2D eigenvalue weighted by Gasteiger charge is 2.08. The van der Waals surface area contributed by atoms with Crippen LogP contribution in [0.2, 0.25) is 5.02 Å². The van der Waals surface area contributed by atoms with E-state index >= 15 is 0 Å². The highest BCUT2D eigenvalue weighted by atomic mass is 35.5. The van der Waals surface area contributed by atoms with E-state index in [-0.39, 0.29) is 13.2 Å². The zero-order valence-corrected chi connectivity index (χ0v) is 14.2. The van der Waals surface area contributed by atoms with Gasteiger partial charge in [0, 0.05) is 28.1 Å². The molecule has 0 aliphatic rings. The van der Waals surface area contributed by atoms with Gasteiger partial charge >= 0.3 is 11.6 Å². The van der Waals surface area contributed by atoms with E-state index in [1.54, 1.807) is 36.4 Å². The van der Waals surface area contributed by atoms with Crippen molar-refractivity contribution in [3.8, 4) is 5.75 Å². The molecule has 0 fully saturated rings. The first kappa shape index (κ1) is 17.0. The van der Waals surface area contributed by atoms with Gasteiger partial charge in [-0.1, -0.05) is 29.8 Å². The maximum Gasteiger partial charge on any atom is 0.344 e. The lowest BCUT2D eigenvalue weighted by Gasteiger charge is -2.09. The van der Waals surface area contributed by atoms with Crippen molar-refractivity contribution in [3.05, 3.63) is 75.1 Å². The first-order valence-electron chi connectivity index (χ1n) is 7.59. The summed E-state index contributed by atoms with van der Waals surface area (Å²) in [5.41, 5.74) is 1.52. The second-order valence-electron chi connectivity index (χ2n) is 5.45. The average Bonchev–Trinajstić information content (AvgIpc) is 2.58. The Labute approximate surface area is 148 Å². The van der Waals surface area contributed by atoms with Crippen LogP contribution in [0.15, 0.2) is 57.7 Å². The Balaban J connectivity index is 1.61. The third kappa shape index (κ3) is 4.19. The molecule has 0 amide bonds. The van der Waals surface area contributed by atoms with E-state index in [1.807, 2.05) is 13.0 Å². The predicted octanol–water partition coefficient (Wildman–Crippen LogP) is 3.88. The molecule has 1 aromatic heterocycles. The van der Waals surface area contributed by atoms with Gasteiger partial charge in [-0.2, -0.15) is 0 Å². The number of halogens is 1. The van der Waals surface area contributed by atoms with Gasteiger partial charge in [0.15, 0.2) is 6.61 Å². The van der Waals surface area contributed by atoms with Crippen LogP contribution in [0.1, 0.15) is 11.1 Å². The van der Waals surface area contributed by atoms with Gasteiger partial charge in [0.1, 0.15) is 17.9 Å². The molecule has 0 atom stereocenters. The molecule has 0 spiro atoms. The van der Waals surface area contributed by atoms with E-state index in [0.29, 0.717) is 16.4 Å². The summed E-state index contributed by atoms with van der Waals surface area (Å²) in [6.07, 6.45) is 0. The molecule has 0 unspecified atom stereocenters. The summed E-state index contributed by atoms with van der Waals surface area (Å²) >= 11 is 6.00. The lowest BCUT2D eigenvalue weighted by atomic mass is 10.1. The van der Waals surface area contributed by atoms with Crippen molar-refractivity contribution in [1.82, 2.24) is 0 Å². The van der Waals surface area contributed by atoms with Gasteiger partial charge < -0.3 is 13.9 Å². The minimum Gasteiger partial charge on any atom is -0.482 e. The Hall–Kier alpha value is -2.79. The summed E-state index contributed by atoms with van der Waals surface area (Å²) < 4.78 is 15.7. The quantitative estimate of drug-likeness (QED) is 0.511. The molecule has 0 N–H and O–H groups in total. The number of hydrogen-bond donors (Lipinski definition) is 0. The average molecular weight is 359 g/mol. The molecule has 0 radical (unpaired) electrons. The minimum atomic E-state index is -0.522. The maximum atomic E-state index is 11.8. The van der Waals surface area contributed by atoms with Gasteiger partial charge in [-0.25, -0.2) is 9.59 Å². The van der Waals surface area contributed by atoms with Gasteiger partial charge in [0.05, 0.1) is 0 Å². The van der Waals surface area contributed by atoms with Crippen LogP contribution in [0.3, 0.4) is 0 Å². The fourth-order valence-corrected chi connectivity index (χ4v) is 2.54. The van der Waals surface area contributed by atoms with Crippen molar-refractivity contribution in [2.75, 3.05) is 6.61 Å². The van der Waals surface area contributed by atoms with E-state index in [9.17, 15) is 9.59 Å². The normalized spacial score (nSPS) is 10.6. The number of rotatable bonds is 5.